The number of nitrogens with one attached hydrogen (secondary N) is 2. The first-order valence-electron chi connectivity index (χ1n) is 28.7. The van der Waals surface area contributed by atoms with Gasteiger partial charge in [0.1, 0.15) is 36.6 Å². The fraction of sp³-hybridized carbons (Fsp3) is 0.667. The SMILES string of the molecule is CCc1c(OC)c(OC2OC(C)[C@H](O)[C@@H](OC)[C@H]2O)c(I)c(C)c1C(=O)S[C@H]1[C@@H](O)C[C@H](ON[C@H]2[C@@H](O)[C@@H](O[C@H]3C[C@H](OC)[C@@H](N(CC)C(C)=O)CO3)C(O[C@@H]3C#C/C=C\C#C[C@]4(O)CC(=O)C(NC(=O)OC)=C3/C4=C/CC(C)C)O[C@@H]2C)O[C@@H]1C. The number of benzene rings is 1. The third-order valence-corrected chi connectivity index (χ3v) is 18.7. The molecular weight excluding hydrogens is 1260 g/mol. The summed E-state index contributed by atoms with van der Waals surface area (Å²) in [6, 6.07) is -1.60. The summed E-state index contributed by atoms with van der Waals surface area (Å²) in [6.45, 7) is 16.2. The van der Waals surface area contributed by atoms with Crippen LogP contribution >= 0.6 is 34.4 Å². The van der Waals surface area contributed by atoms with Gasteiger partial charge in [0.15, 0.2) is 41.8 Å². The first kappa shape index (κ1) is 69.2. The second-order valence-electron chi connectivity index (χ2n) is 22.2. The highest BCUT2D eigenvalue weighted by Crippen LogP contribution is 2.46. The number of ketones is 1. The molecule has 1 aromatic carbocycles. The van der Waals surface area contributed by atoms with Crippen LogP contribution < -0.4 is 20.3 Å². The number of aliphatic hydroxyl groups is 5. The zero-order valence-corrected chi connectivity index (χ0v) is 53.6. The van der Waals surface area contributed by atoms with Crippen LogP contribution in [0.4, 0.5) is 4.79 Å². The highest BCUT2D eigenvalue weighted by Gasteiger charge is 2.52. The van der Waals surface area contributed by atoms with E-state index in [2.05, 4.69) is 34.5 Å². The number of hydrogen-bond donors (Lipinski definition) is 7. The summed E-state index contributed by atoms with van der Waals surface area (Å²) < 4.78 is 67.3. The maximum absolute atomic E-state index is 14.5. The van der Waals surface area contributed by atoms with Gasteiger partial charge in [0.2, 0.25) is 17.3 Å². The van der Waals surface area contributed by atoms with Crippen molar-refractivity contribution in [3.05, 3.63) is 55.3 Å². The first-order chi connectivity index (χ1) is 40.9. The third kappa shape index (κ3) is 15.3. The molecule has 4 aliphatic heterocycles. The second kappa shape index (κ2) is 30.5. The molecule has 7 rings (SSSR count). The average molecular weight is 1340 g/mol. The number of aliphatic hydroxyl groups excluding tert-OH is 4. The lowest BCUT2D eigenvalue weighted by Gasteiger charge is -2.47. The van der Waals surface area contributed by atoms with Crippen molar-refractivity contribution in [2.24, 2.45) is 5.92 Å². The zero-order chi connectivity index (χ0) is 63.1. The molecule has 0 aromatic heterocycles. The Morgan fingerprint density at radius 2 is 1.62 bits per heavy atom. The number of alkyl carbamates (subject to hydrolysis) is 1. The molecule has 2 bridgehead atoms. The van der Waals surface area contributed by atoms with Crippen molar-refractivity contribution >= 4 is 57.3 Å². The van der Waals surface area contributed by atoms with E-state index in [1.54, 1.807) is 38.7 Å². The van der Waals surface area contributed by atoms with Gasteiger partial charge in [-0.25, -0.2) is 4.79 Å². The lowest BCUT2D eigenvalue weighted by molar-refractivity contribution is -0.337. The molecule has 3 unspecified atom stereocenters. The Morgan fingerprint density at radius 3 is 2.24 bits per heavy atom. The summed E-state index contributed by atoms with van der Waals surface area (Å²) in [5.74, 6) is 11.1. The molecule has 0 spiro atoms. The van der Waals surface area contributed by atoms with E-state index < -0.39 is 134 Å². The van der Waals surface area contributed by atoms with E-state index in [9.17, 15) is 44.7 Å². The highest BCUT2D eigenvalue weighted by molar-refractivity contribution is 14.1. The van der Waals surface area contributed by atoms with E-state index in [4.69, 9.17) is 56.9 Å². The number of Topliss-reactive ketones (excluding diaryl/α,β-unsaturated/α-hetero) is 1. The quantitative estimate of drug-likeness (QED) is 0.0559. The van der Waals surface area contributed by atoms with E-state index >= 15 is 0 Å². The minimum atomic E-state index is -2.06. The molecule has 0 saturated carbocycles. The van der Waals surface area contributed by atoms with Crippen molar-refractivity contribution in [1.29, 1.82) is 0 Å². The molecule has 26 heteroatoms. The number of carbonyl (C=O) groups excluding carboxylic acids is 4. The molecule has 19 atom stereocenters. The molecule has 1 aromatic rings. The maximum atomic E-state index is 14.5. The average Bonchev–Trinajstić information content (AvgIpc) is 0.958. The molecule has 4 fully saturated rings. The summed E-state index contributed by atoms with van der Waals surface area (Å²) >= 11 is 2.94. The van der Waals surface area contributed by atoms with Crippen LogP contribution in [0.2, 0.25) is 0 Å². The number of methoxy groups -OCH3 is 4. The van der Waals surface area contributed by atoms with Gasteiger partial charge in [0, 0.05) is 62.8 Å². The van der Waals surface area contributed by atoms with Gasteiger partial charge in [-0.15, -0.1) is 0 Å². The Bertz CT molecular complexity index is 2840. The standard InChI is InChI=1S/C60H82IN3O21S/c1-14-34-43(29(5)45(61)52(51(34)75-11)84-57-50(70)53(76-12)48(68)31(7)81-57)56(71)86-55-32(8)79-42(24-37(55)66)85-63-46-30(6)80-58(54(49(46)69)83-41-25-40(74-10)36(27-78-41)64(15-2)33(9)65)82-39-20-18-16-17-19-23-60(73)26-38(67)47(62-59(72)77-13)44(39)35(60)22-21-28(3)4/h16-17,22,28,30-32,36-37,39-42,46,48-50,53-55,57-58,63,66,68-70,73H,14-15,21,24-27H2,1-13H3,(H,62,72)/b17-16-,35-22-/t30-,31?,32-,36+,37+,39-,40+,41+,42+,46-,48+,49-,50-,53-,54-,55-,57?,58?,60+/m1/s1. The van der Waals surface area contributed by atoms with Crippen LogP contribution in [0.5, 0.6) is 11.5 Å². The van der Waals surface area contributed by atoms with Crippen LogP contribution in [0.3, 0.4) is 0 Å². The number of allylic oxidation sites excluding steroid dienone is 4. The van der Waals surface area contributed by atoms with E-state index in [-0.39, 0.29) is 64.7 Å². The van der Waals surface area contributed by atoms with E-state index in [0.29, 0.717) is 39.6 Å². The number of hydroxylamine groups is 1. The van der Waals surface area contributed by atoms with Gasteiger partial charge in [0.25, 0.3) is 0 Å². The second-order valence-corrected chi connectivity index (χ2v) is 24.4. The Hall–Kier alpha value is -4.28. The van der Waals surface area contributed by atoms with Gasteiger partial charge >= 0.3 is 6.09 Å². The molecule has 0 radical (unpaired) electrons. The molecule has 476 valence electrons. The normalized spacial score (nSPS) is 35.4. The van der Waals surface area contributed by atoms with Crippen LogP contribution in [0.25, 0.3) is 0 Å². The van der Waals surface area contributed by atoms with Crippen LogP contribution in [-0.4, -0.2) is 210 Å². The van der Waals surface area contributed by atoms with Crippen molar-refractivity contribution in [1.82, 2.24) is 15.7 Å². The molecule has 86 heavy (non-hydrogen) atoms. The van der Waals surface area contributed by atoms with Gasteiger partial charge < -0.3 is 82.5 Å². The van der Waals surface area contributed by atoms with Gasteiger partial charge in [-0.2, -0.15) is 5.48 Å². The smallest absolute Gasteiger partial charge is 0.411 e. The van der Waals surface area contributed by atoms with Gasteiger partial charge in [-0.05, 0) is 93.7 Å². The Kier molecular flexibility index (Phi) is 24.5. The van der Waals surface area contributed by atoms with Crippen LogP contribution in [0.15, 0.2) is 35.1 Å². The largest absolute Gasteiger partial charge is 0.493 e. The van der Waals surface area contributed by atoms with E-state index in [1.807, 2.05) is 50.3 Å². The highest BCUT2D eigenvalue weighted by atomic mass is 127. The maximum Gasteiger partial charge on any atom is 0.411 e. The lowest BCUT2D eigenvalue weighted by Crippen LogP contribution is -2.65. The first-order valence-corrected chi connectivity index (χ1v) is 30.7. The molecule has 24 nitrogen and oxygen atoms in total. The topological polar surface area (TPSA) is 307 Å². The van der Waals surface area contributed by atoms with Crippen LogP contribution in [0.1, 0.15) is 103 Å². The number of ether oxygens (including phenoxy) is 11. The van der Waals surface area contributed by atoms with E-state index in [1.165, 1.54) is 40.4 Å². The minimum absolute atomic E-state index is 0.00239. The fourth-order valence-corrected chi connectivity index (χ4v) is 13.3. The molecule has 7 N–H and O–H groups in total. The van der Waals surface area contributed by atoms with Crippen molar-refractivity contribution in [3.8, 4) is 35.2 Å². The Balaban J connectivity index is 1.13. The van der Waals surface area contributed by atoms with Gasteiger partial charge in [0.05, 0.1) is 84.4 Å². The summed E-state index contributed by atoms with van der Waals surface area (Å²) in [4.78, 5) is 62.0. The fourth-order valence-electron chi connectivity index (χ4n) is 11.5. The summed E-state index contributed by atoms with van der Waals surface area (Å²) in [5, 5.41) is 59.7. The molecule has 6 aliphatic rings. The van der Waals surface area contributed by atoms with Crippen LogP contribution in [-0.2, 0) is 63.5 Å². The molecule has 2 aliphatic carbocycles. The van der Waals surface area contributed by atoms with Crippen molar-refractivity contribution in [2.45, 2.75) is 210 Å². The number of thioether (sulfide) groups is 1. The Labute approximate surface area is 519 Å². The molecule has 4 saturated heterocycles. The number of hydrogen-bond acceptors (Lipinski definition) is 23. The van der Waals surface area contributed by atoms with Crippen molar-refractivity contribution in [2.75, 3.05) is 41.6 Å². The lowest BCUT2D eigenvalue weighted by atomic mass is 9.75. The Morgan fingerprint density at radius 1 is 0.907 bits per heavy atom. The van der Waals surface area contributed by atoms with E-state index in [0.717, 1.165) is 18.9 Å². The third-order valence-electron chi connectivity index (χ3n) is 16.0. The number of nitrogens with zero attached hydrogens (tertiary/aromatic N) is 1. The number of likely N-dealkylation sites (N-methyl/N-ethyl adjacent to an activating group) is 1. The monoisotopic (exact) mass is 1340 g/mol. The van der Waals surface area contributed by atoms with Gasteiger partial charge in [-0.3, -0.25) is 24.5 Å². The van der Waals surface area contributed by atoms with Crippen molar-refractivity contribution in [3.63, 3.8) is 0 Å². The molecular formula is C60H82IN3O21S. The number of carbonyl (C=O) groups is 4. The zero-order valence-electron chi connectivity index (χ0n) is 50.7. The summed E-state index contributed by atoms with van der Waals surface area (Å²) in [7, 11) is 5.45. The molecule has 4 heterocycles. The number of amides is 2. The number of fused-ring (bicyclic) bond motifs is 2. The predicted molar refractivity (Wildman–Crippen MR) is 318 cm³/mol. The minimum Gasteiger partial charge on any atom is -0.493 e. The predicted octanol–water partition coefficient (Wildman–Crippen LogP) is 3.40. The van der Waals surface area contributed by atoms with Crippen molar-refractivity contribution < 1.29 is 102 Å². The number of halogens is 1. The van der Waals surface area contributed by atoms with Gasteiger partial charge in [-0.1, -0.05) is 62.3 Å². The molecule has 2 amide bonds. The number of rotatable bonds is 20. The van der Waals surface area contributed by atoms with Crippen LogP contribution in [0, 0.1) is 40.1 Å². The summed E-state index contributed by atoms with van der Waals surface area (Å²) in [5.41, 5.74) is 2.12. The summed E-state index contributed by atoms with van der Waals surface area (Å²) in [6.07, 6.45) is -13.5.